The van der Waals surface area contributed by atoms with E-state index in [4.69, 9.17) is 4.74 Å². The molecule has 0 bridgehead atoms. The number of aryl methyl sites for hydroxylation is 2. The lowest BCUT2D eigenvalue weighted by atomic mass is 10.00. The van der Waals surface area contributed by atoms with Gasteiger partial charge >= 0.3 is 0 Å². The highest BCUT2D eigenvalue weighted by molar-refractivity contribution is 5.83. The van der Waals surface area contributed by atoms with Gasteiger partial charge in [0.1, 0.15) is 0 Å². The summed E-state index contributed by atoms with van der Waals surface area (Å²) in [5.74, 6) is 0.721. The predicted molar refractivity (Wildman–Crippen MR) is 115 cm³/mol. The second-order valence-corrected chi connectivity index (χ2v) is 8.25. The molecule has 1 aliphatic rings. The molecule has 0 amide bonds. The third-order valence-corrected chi connectivity index (χ3v) is 6.19. The Morgan fingerprint density at radius 3 is 2.77 bits per heavy atom. The molecular weight excluding hydrogens is 380 g/mol. The molecule has 3 aromatic rings. The fourth-order valence-electron chi connectivity index (χ4n) is 4.63. The van der Waals surface area contributed by atoms with Crippen LogP contribution in [0, 0.1) is 13.8 Å². The van der Waals surface area contributed by atoms with Crippen molar-refractivity contribution in [2.45, 2.75) is 59.2 Å². The molecule has 1 aromatic carbocycles. The first kappa shape index (κ1) is 20.7. The van der Waals surface area contributed by atoms with Gasteiger partial charge in [0.2, 0.25) is 5.82 Å². The van der Waals surface area contributed by atoms with Gasteiger partial charge in [0, 0.05) is 17.5 Å². The zero-order valence-corrected chi connectivity index (χ0v) is 18.2. The van der Waals surface area contributed by atoms with E-state index in [0.717, 1.165) is 60.4 Å². The maximum absolute atomic E-state index is 13.2. The van der Waals surface area contributed by atoms with Gasteiger partial charge in [-0.15, -0.1) is 5.10 Å². The number of rotatable bonds is 7. The van der Waals surface area contributed by atoms with E-state index < -0.39 is 0 Å². The molecule has 3 heterocycles. The SMILES string of the molecule is CC[NH+](CC)[C@H](c1cc2c(C)cc(C)cc2[nH]c1=O)c1nnnn1C[C@H]1CCCO1. The summed E-state index contributed by atoms with van der Waals surface area (Å²) in [6, 6.07) is 5.95. The number of pyridine rings is 1. The molecule has 2 atom stereocenters. The number of tetrazole rings is 1. The average Bonchev–Trinajstić information content (AvgIpc) is 3.38. The minimum Gasteiger partial charge on any atom is -0.376 e. The van der Waals surface area contributed by atoms with Gasteiger partial charge in [-0.25, -0.2) is 4.68 Å². The zero-order valence-electron chi connectivity index (χ0n) is 18.2. The fraction of sp³-hybridized carbons (Fsp3) is 0.545. The van der Waals surface area contributed by atoms with Crippen LogP contribution in [0.1, 0.15) is 55.2 Å². The lowest BCUT2D eigenvalue weighted by Crippen LogP contribution is -3.12. The molecule has 30 heavy (non-hydrogen) atoms. The Hall–Kier alpha value is -2.58. The number of nitrogens with zero attached hydrogens (tertiary/aromatic N) is 4. The van der Waals surface area contributed by atoms with Crippen molar-refractivity contribution < 1.29 is 9.64 Å². The van der Waals surface area contributed by atoms with Crippen LogP contribution in [0.4, 0.5) is 0 Å². The van der Waals surface area contributed by atoms with Gasteiger partial charge in [-0.3, -0.25) is 4.79 Å². The Kier molecular flexibility index (Phi) is 5.97. The lowest BCUT2D eigenvalue weighted by molar-refractivity contribution is -0.923. The second-order valence-electron chi connectivity index (χ2n) is 8.25. The molecule has 0 unspecified atom stereocenters. The Morgan fingerprint density at radius 1 is 1.27 bits per heavy atom. The highest BCUT2D eigenvalue weighted by Gasteiger charge is 2.33. The number of aromatic amines is 1. The first-order valence-corrected chi connectivity index (χ1v) is 10.9. The van der Waals surface area contributed by atoms with E-state index in [-0.39, 0.29) is 17.7 Å². The fourth-order valence-corrected chi connectivity index (χ4v) is 4.63. The summed E-state index contributed by atoms with van der Waals surface area (Å²) < 4.78 is 7.63. The van der Waals surface area contributed by atoms with Gasteiger partial charge in [-0.2, -0.15) is 0 Å². The number of H-pyrrole nitrogens is 1. The molecule has 8 heteroatoms. The van der Waals surface area contributed by atoms with Crippen LogP contribution in [0.25, 0.3) is 10.9 Å². The van der Waals surface area contributed by atoms with Crippen molar-refractivity contribution in [3.8, 4) is 0 Å². The molecule has 2 aromatic heterocycles. The Bertz CT molecular complexity index is 1080. The highest BCUT2D eigenvalue weighted by Crippen LogP contribution is 2.23. The van der Waals surface area contributed by atoms with Crippen LogP contribution in [-0.2, 0) is 11.3 Å². The molecule has 1 saturated heterocycles. The first-order chi connectivity index (χ1) is 14.5. The van der Waals surface area contributed by atoms with Gasteiger partial charge in [0.05, 0.1) is 31.3 Å². The number of ether oxygens (including phenoxy) is 1. The molecule has 0 saturated carbocycles. The molecule has 4 rings (SSSR count). The number of nitrogens with one attached hydrogen (secondary N) is 2. The van der Waals surface area contributed by atoms with Crippen molar-refractivity contribution in [2.24, 2.45) is 0 Å². The van der Waals surface area contributed by atoms with Crippen molar-refractivity contribution in [3.63, 3.8) is 0 Å². The second kappa shape index (κ2) is 8.65. The molecule has 0 radical (unpaired) electrons. The molecule has 2 N–H and O–H groups in total. The van der Waals surface area contributed by atoms with E-state index in [1.54, 1.807) is 0 Å². The van der Waals surface area contributed by atoms with Crippen molar-refractivity contribution in [2.75, 3.05) is 19.7 Å². The molecule has 1 fully saturated rings. The van der Waals surface area contributed by atoms with Crippen molar-refractivity contribution in [1.29, 1.82) is 0 Å². The van der Waals surface area contributed by atoms with E-state index in [2.05, 4.69) is 47.3 Å². The van der Waals surface area contributed by atoms with E-state index in [1.165, 1.54) is 4.90 Å². The zero-order chi connectivity index (χ0) is 21.3. The van der Waals surface area contributed by atoms with Crippen LogP contribution in [-0.4, -0.2) is 51.0 Å². The quantitative estimate of drug-likeness (QED) is 0.612. The van der Waals surface area contributed by atoms with Crippen molar-refractivity contribution in [1.82, 2.24) is 25.2 Å². The summed E-state index contributed by atoms with van der Waals surface area (Å²) in [5, 5.41) is 13.7. The van der Waals surface area contributed by atoms with Crippen molar-refractivity contribution >= 4 is 10.9 Å². The van der Waals surface area contributed by atoms with Gasteiger partial charge in [0.15, 0.2) is 6.04 Å². The topological polar surface area (TPSA) is 90.1 Å². The smallest absolute Gasteiger partial charge is 0.258 e. The van der Waals surface area contributed by atoms with Crippen LogP contribution in [0.3, 0.4) is 0 Å². The van der Waals surface area contributed by atoms with Crippen LogP contribution in [0.5, 0.6) is 0 Å². The van der Waals surface area contributed by atoms with E-state index in [9.17, 15) is 4.79 Å². The first-order valence-electron chi connectivity index (χ1n) is 10.9. The van der Waals surface area contributed by atoms with E-state index in [0.29, 0.717) is 12.1 Å². The van der Waals surface area contributed by atoms with Crippen LogP contribution in [0.2, 0.25) is 0 Å². The highest BCUT2D eigenvalue weighted by atomic mass is 16.5. The number of hydrogen-bond donors (Lipinski definition) is 2. The number of fused-ring (bicyclic) bond motifs is 1. The number of aromatic nitrogens is 5. The summed E-state index contributed by atoms with van der Waals surface area (Å²) in [5.41, 5.74) is 3.78. The van der Waals surface area contributed by atoms with E-state index >= 15 is 0 Å². The maximum atomic E-state index is 13.2. The van der Waals surface area contributed by atoms with Crippen LogP contribution < -0.4 is 10.5 Å². The Morgan fingerprint density at radius 2 is 2.07 bits per heavy atom. The van der Waals surface area contributed by atoms with Gasteiger partial charge < -0.3 is 14.6 Å². The molecular formula is C22H31N6O2+. The summed E-state index contributed by atoms with van der Waals surface area (Å²) in [7, 11) is 0. The standard InChI is InChI=1S/C22H30N6O2/c1-5-27(6-2)20(21-24-25-26-28(21)13-16-8-7-9-30-16)18-12-17-15(4)10-14(3)11-19(17)23-22(18)29/h10-12,16,20H,5-9,13H2,1-4H3,(H,23,29)/p+1/t16-,20-/m1/s1. The van der Waals surface area contributed by atoms with Crippen LogP contribution in [0.15, 0.2) is 23.0 Å². The van der Waals surface area contributed by atoms with Gasteiger partial charge in [0.25, 0.3) is 5.56 Å². The molecule has 0 spiro atoms. The number of hydrogen-bond acceptors (Lipinski definition) is 5. The third kappa shape index (κ3) is 3.89. The summed E-state index contributed by atoms with van der Waals surface area (Å²) in [4.78, 5) is 17.6. The Balaban J connectivity index is 1.84. The van der Waals surface area contributed by atoms with Gasteiger partial charge in [-0.1, -0.05) is 6.07 Å². The normalized spacial score (nSPS) is 17.8. The van der Waals surface area contributed by atoms with E-state index in [1.807, 2.05) is 23.7 Å². The third-order valence-electron chi connectivity index (χ3n) is 6.19. The average molecular weight is 412 g/mol. The van der Waals surface area contributed by atoms with Crippen LogP contribution >= 0.6 is 0 Å². The predicted octanol–water partition coefficient (Wildman–Crippen LogP) is 1.32. The van der Waals surface area contributed by atoms with Crippen molar-refractivity contribution in [3.05, 3.63) is 51.1 Å². The van der Waals surface area contributed by atoms with Gasteiger partial charge in [-0.05, 0) is 74.2 Å². The Labute approximate surface area is 176 Å². The number of benzene rings is 1. The molecule has 1 aliphatic heterocycles. The lowest BCUT2D eigenvalue weighted by Gasteiger charge is -2.26. The minimum atomic E-state index is -0.245. The monoisotopic (exact) mass is 411 g/mol. The molecule has 160 valence electrons. The molecule has 8 nitrogen and oxygen atoms in total. The summed E-state index contributed by atoms with van der Waals surface area (Å²) in [6.07, 6.45) is 2.20. The summed E-state index contributed by atoms with van der Waals surface area (Å²) >= 11 is 0. The number of quaternary nitrogens is 1. The minimum absolute atomic E-state index is 0.0800. The maximum Gasteiger partial charge on any atom is 0.258 e. The summed E-state index contributed by atoms with van der Waals surface area (Å²) in [6.45, 7) is 11.5. The largest absolute Gasteiger partial charge is 0.376 e. The molecule has 0 aliphatic carbocycles.